The first-order valence-corrected chi connectivity index (χ1v) is 7.48. The summed E-state index contributed by atoms with van der Waals surface area (Å²) in [5, 5.41) is 8.75. The van der Waals surface area contributed by atoms with E-state index in [9.17, 15) is 18.4 Å². The molecule has 0 heterocycles. The minimum atomic E-state index is -1.41. The van der Waals surface area contributed by atoms with Gasteiger partial charge in [0.25, 0.3) is 0 Å². The van der Waals surface area contributed by atoms with Gasteiger partial charge in [0.1, 0.15) is 0 Å². The fourth-order valence-corrected chi connectivity index (χ4v) is 2.64. The van der Waals surface area contributed by atoms with Gasteiger partial charge in [0.2, 0.25) is 0 Å². The van der Waals surface area contributed by atoms with E-state index < -0.39 is 35.0 Å². The largest absolute Gasteiger partial charge is 0.484 e. The van der Waals surface area contributed by atoms with Crippen LogP contribution in [0.5, 0.6) is 5.75 Å². The molecular weight excluding hydrogens is 310 g/mol. The fraction of sp³-hybridized carbons (Fsp3) is 0.500. The second-order valence-electron chi connectivity index (χ2n) is 5.42. The van der Waals surface area contributed by atoms with Crippen molar-refractivity contribution in [3.05, 3.63) is 29.3 Å². The summed E-state index contributed by atoms with van der Waals surface area (Å²) in [6, 6.07) is 1.45. The van der Waals surface area contributed by atoms with Crippen LogP contribution in [0.3, 0.4) is 0 Å². The first-order chi connectivity index (χ1) is 10.9. The molecule has 7 heteroatoms. The highest BCUT2D eigenvalue weighted by molar-refractivity contribution is 5.87. The van der Waals surface area contributed by atoms with Crippen LogP contribution in [0.1, 0.15) is 43.0 Å². The summed E-state index contributed by atoms with van der Waals surface area (Å²) in [5.74, 6) is -4.54. The van der Waals surface area contributed by atoms with Gasteiger partial charge in [-0.2, -0.15) is 0 Å². The second kappa shape index (κ2) is 7.39. The third-order valence-electron chi connectivity index (χ3n) is 3.82. The minimum Gasteiger partial charge on any atom is -0.484 e. The number of carboxylic acid groups (broad SMARTS) is 1. The van der Waals surface area contributed by atoms with E-state index in [1.54, 1.807) is 6.92 Å². The standard InChI is InChI=1S/C16H18F2O5/c1-2-22-16(21)9-3-5-11(6-4-9)23-14-12(17)7-10(15(19)20)8-13(14)18/h7-9,11H,2-6H2,1H3,(H,19,20)/t9-,11+. The number of hydrogen-bond acceptors (Lipinski definition) is 4. The van der Waals surface area contributed by atoms with E-state index in [1.165, 1.54) is 0 Å². The van der Waals surface area contributed by atoms with Gasteiger partial charge < -0.3 is 14.6 Å². The van der Waals surface area contributed by atoms with Crippen molar-refractivity contribution in [1.29, 1.82) is 0 Å². The highest BCUT2D eigenvalue weighted by atomic mass is 19.1. The zero-order valence-electron chi connectivity index (χ0n) is 12.7. The summed E-state index contributed by atoms with van der Waals surface area (Å²) in [6.45, 7) is 2.06. The molecule has 1 saturated carbocycles. The van der Waals surface area contributed by atoms with Gasteiger partial charge in [-0.1, -0.05) is 0 Å². The van der Waals surface area contributed by atoms with Crippen LogP contribution >= 0.6 is 0 Å². The summed E-state index contributed by atoms with van der Waals surface area (Å²) in [6.07, 6.45) is 1.59. The highest BCUT2D eigenvalue weighted by Crippen LogP contribution is 2.31. The molecule has 0 unspecified atom stereocenters. The Morgan fingerprint density at radius 3 is 2.22 bits per heavy atom. The topological polar surface area (TPSA) is 72.8 Å². The number of esters is 1. The molecule has 126 valence electrons. The molecule has 1 aromatic carbocycles. The summed E-state index contributed by atoms with van der Waals surface area (Å²) >= 11 is 0. The van der Waals surface area contributed by atoms with Crippen molar-refractivity contribution in [2.75, 3.05) is 6.61 Å². The molecular formula is C16H18F2O5. The Morgan fingerprint density at radius 2 is 1.74 bits per heavy atom. The predicted octanol–water partition coefficient (Wildman–Crippen LogP) is 3.16. The lowest BCUT2D eigenvalue weighted by atomic mass is 9.87. The van der Waals surface area contributed by atoms with E-state index in [4.69, 9.17) is 14.6 Å². The van der Waals surface area contributed by atoms with Crippen molar-refractivity contribution in [2.24, 2.45) is 5.92 Å². The molecule has 5 nitrogen and oxygen atoms in total. The van der Waals surface area contributed by atoms with E-state index in [0.29, 0.717) is 32.3 Å². The van der Waals surface area contributed by atoms with Crippen molar-refractivity contribution in [3.63, 3.8) is 0 Å². The normalized spacial score (nSPS) is 20.8. The van der Waals surface area contributed by atoms with Gasteiger partial charge in [-0.05, 0) is 44.7 Å². The zero-order valence-corrected chi connectivity index (χ0v) is 12.7. The van der Waals surface area contributed by atoms with Crippen LogP contribution in [-0.4, -0.2) is 29.8 Å². The van der Waals surface area contributed by atoms with Crippen molar-refractivity contribution in [1.82, 2.24) is 0 Å². The number of hydrogen-bond donors (Lipinski definition) is 1. The Labute approximate surface area is 132 Å². The molecule has 0 amide bonds. The average Bonchev–Trinajstić information content (AvgIpc) is 2.51. The van der Waals surface area contributed by atoms with Crippen LogP contribution in [0.25, 0.3) is 0 Å². The summed E-state index contributed by atoms with van der Waals surface area (Å²) < 4.78 is 38.0. The number of benzene rings is 1. The quantitative estimate of drug-likeness (QED) is 0.841. The SMILES string of the molecule is CCOC(=O)[C@H]1CC[C@@H](Oc2c(F)cc(C(=O)O)cc2F)CC1. The molecule has 0 bridgehead atoms. The van der Waals surface area contributed by atoms with Gasteiger partial charge in [0, 0.05) is 0 Å². The molecule has 0 radical (unpaired) electrons. The molecule has 0 atom stereocenters. The number of aromatic carboxylic acids is 1. The summed E-state index contributed by atoms with van der Waals surface area (Å²) in [7, 11) is 0. The maximum Gasteiger partial charge on any atom is 0.335 e. The van der Waals surface area contributed by atoms with E-state index in [1.807, 2.05) is 0 Å². The fourth-order valence-electron chi connectivity index (χ4n) is 2.64. The molecule has 1 aliphatic carbocycles. The maximum absolute atomic E-state index is 13.8. The van der Waals surface area contributed by atoms with Crippen molar-refractivity contribution in [2.45, 2.75) is 38.7 Å². The van der Waals surface area contributed by atoms with Gasteiger partial charge >= 0.3 is 11.9 Å². The molecule has 1 aromatic rings. The molecule has 1 N–H and O–H groups in total. The zero-order chi connectivity index (χ0) is 17.0. The number of halogens is 2. The molecule has 2 rings (SSSR count). The Hall–Kier alpha value is -2.18. The first-order valence-electron chi connectivity index (χ1n) is 7.48. The molecule has 23 heavy (non-hydrogen) atoms. The monoisotopic (exact) mass is 328 g/mol. The van der Waals surface area contributed by atoms with Gasteiger partial charge in [-0.25, -0.2) is 13.6 Å². The van der Waals surface area contributed by atoms with Gasteiger partial charge in [-0.15, -0.1) is 0 Å². The van der Waals surface area contributed by atoms with Crippen molar-refractivity contribution < 1.29 is 33.0 Å². The lowest BCUT2D eigenvalue weighted by molar-refractivity contribution is -0.149. The van der Waals surface area contributed by atoms with E-state index in [2.05, 4.69) is 0 Å². The van der Waals surface area contributed by atoms with E-state index >= 15 is 0 Å². The number of carbonyl (C=O) groups is 2. The van der Waals surface area contributed by atoms with Gasteiger partial charge in [-0.3, -0.25) is 4.79 Å². The third kappa shape index (κ3) is 4.18. The molecule has 1 fully saturated rings. The first kappa shape index (κ1) is 17.2. The summed E-state index contributed by atoms with van der Waals surface area (Å²) in [5.41, 5.74) is -0.474. The Morgan fingerprint density at radius 1 is 1.17 bits per heavy atom. The Kier molecular flexibility index (Phi) is 5.52. The molecule has 1 aliphatic rings. The van der Waals surface area contributed by atoms with Gasteiger partial charge in [0.15, 0.2) is 17.4 Å². The van der Waals surface area contributed by atoms with Crippen LogP contribution < -0.4 is 4.74 Å². The molecule has 0 spiro atoms. The lowest BCUT2D eigenvalue weighted by Crippen LogP contribution is -2.29. The van der Waals surface area contributed by atoms with Crippen LogP contribution in [0.4, 0.5) is 8.78 Å². The molecule has 0 aliphatic heterocycles. The third-order valence-corrected chi connectivity index (χ3v) is 3.82. The van der Waals surface area contributed by atoms with Gasteiger partial charge in [0.05, 0.1) is 24.2 Å². The summed E-state index contributed by atoms with van der Waals surface area (Å²) in [4.78, 5) is 22.4. The van der Waals surface area contributed by atoms with Crippen LogP contribution in [0, 0.1) is 17.6 Å². The highest BCUT2D eigenvalue weighted by Gasteiger charge is 2.29. The smallest absolute Gasteiger partial charge is 0.335 e. The van der Waals surface area contributed by atoms with Crippen LogP contribution in [0.15, 0.2) is 12.1 Å². The minimum absolute atomic E-state index is 0.209. The number of carboxylic acids is 1. The Balaban J connectivity index is 1.99. The molecule has 0 aromatic heterocycles. The average molecular weight is 328 g/mol. The van der Waals surface area contributed by atoms with Crippen molar-refractivity contribution >= 4 is 11.9 Å². The second-order valence-corrected chi connectivity index (χ2v) is 5.42. The number of carbonyl (C=O) groups excluding carboxylic acids is 1. The maximum atomic E-state index is 13.8. The van der Waals surface area contributed by atoms with Crippen LogP contribution in [0.2, 0.25) is 0 Å². The predicted molar refractivity (Wildman–Crippen MR) is 76.3 cm³/mol. The van der Waals surface area contributed by atoms with Crippen LogP contribution in [-0.2, 0) is 9.53 Å². The van der Waals surface area contributed by atoms with E-state index in [0.717, 1.165) is 12.1 Å². The number of ether oxygens (including phenoxy) is 2. The lowest BCUT2D eigenvalue weighted by Gasteiger charge is -2.28. The Bertz CT molecular complexity index is 571. The number of rotatable bonds is 5. The van der Waals surface area contributed by atoms with Crippen molar-refractivity contribution in [3.8, 4) is 5.75 Å². The molecule has 0 saturated heterocycles. The van der Waals surface area contributed by atoms with E-state index in [-0.39, 0.29) is 11.9 Å².